The van der Waals surface area contributed by atoms with Crippen LogP contribution in [0, 0.1) is 0 Å². The molecule has 10 heteroatoms. The number of alkyl halides is 1. The molecular weight excluding hydrogens is 451 g/mol. The van der Waals surface area contributed by atoms with E-state index in [-0.39, 0.29) is 6.61 Å². The maximum Gasteiger partial charge on any atom is 0.113 e. The van der Waals surface area contributed by atoms with Crippen molar-refractivity contribution in [1.29, 1.82) is 0 Å². The minimum Gasteiger partial charge on any atom is -0.379 e. The van der Waals surface area contributed by atoms with E-state index >= 15 is 0 Å². The van der Waals surface area contributed by atoms with Gasteiger partial charge in [-0.2, -0.15) is 0 Å². The number of rotatable bonds is 31. The summed E-state index contributed by atoms with van der Waals surface area (Å²) in [5.41, 5.74) is 0. The van der Waals surface area contributed by atoms with Gasteiger partial charge >= 0.3 is 0 Å². The second kappa shape index (κ2) is 32.6. The van der Waals surface area contributed by atoms with Crippen LogP contribution in [0.1, 0.15) is 32.6 Å². The molecule has 34 heavy (non-hydrogen) atoms. The molecule has 0 aromatic rings. The zero-order valence-electron chi connectivity index (χ0n) is 21.3. The fraction of sp³-hybridized carbons (Fsp3) is 1.00. The smallest absolute Gasteiger partial charge is 0.113 e. The molecule has 0 rings (SSSR count). The Kier molecular flexibility index (Phi) is 32.2. The molecule has 0 unspecified atom stereocenters. The predicted molar refractivity (Wildman–Crippen MR) is 127 cm³/mol. The predicted octanol–water partition coefficient (Wildman–Crippen LogP) is 2.69. The number of hydrogen-bond acceptors (Lipinski definition) is 9. The number of hydrogen-bond donors (Lipinski definition) is 0. The Hall–Kier alpha value is -0.430. The fourth-order valence-corrected chi connectivity index (χ4v) is 2.55. The molecule has 0 aliphatic carbocycles. The van der Waals surface area contributed by atoms with Crippen LogP contribution in [0.2, 0.25) is 0 Å². The van der Waals surface area contributed by atoms with Crippen molar-refractivity contribution in [3.05, 3.63) is 0 Å². The van der Waals surface area contributed by atoms with Gasteiger partial charge in [-0.1, -0.05) is 26.2 Å². The summed E-state index contributed by atoms with van der Waals surface area (Å²) < 4.78 is 60.1. The highest BCUT2D eigenvalue weighted by atomic mass is 19.1. The molecule has 0 bridgehead atoms. The van der Waals surface area contributed by atoms with E-state index in [1.54, 1.807) is 0 Å². The van der Waals surface area contributed by atoms with Crippen molar-refractivity contribution < 1.29 is 47.0 Å². The summed E-state index contributed by atoms with van der Waals surface area (Å²) in [4.78, 5) is 0. The van der Waals surface area contributed by atoms with E-state index < -0.39 is 6.67 Å². The number of ether oxygens (including phenoxy) is 9. The molecule has 0 heterocycles. The third-order valence-electron chi connectivity index (χ3n) is 4.34. The van der Waals surface area contributed by atoms with Crippen LogP contribution < -0.4 is 0 Å². The molecule has 0 fully saturated rings. The third kappa shape index (κ3) is 31.6. The van der Waals surface area contributed by atoms with Gasteiger partial charge in [-0.15, -0.1) is 0 Å². The van der Waals surface area contributed by atoms with E-state index in [4.69, 9.17) is 42.6 Å². The van der Waals surface area contributed by atoms with Crippen LogP contribution in [0.4, 0.5) is 4.39 Å². The van der Waals surface area contributed by atoms with Gasteiger partial charge in [0.1, 0.15) is 6.67 Å². The highest BCUT2D eigenvalue weighted by molar-refractivity contribution is 4.40. The van der Waals surface area contributed by atoms with Gasteiger partial charge < -0.3 is 42.6 Å². The van der Waals surface area contributed by atoms with Gasteiger partial charge in [0.2, 0.25) is 0 Å². The van der Waals surface area contributed by atoms with Crippen molar-refractivity contribution in [1.82, 2.24) is 0 Å². The summed E-state index contributed by atoms with van der Waals surface area (Å²) in [5, 5.41) is 0. The Morgan fingerprint density at radius 3 is 0.853 bits per heavy atom. The summed E-state index contributed by atoms with van der Waals surface area (Å²) in [6, 6.07) is 0. The minimum atomic E-state index is -0.468. The Balaban J connectivity index is 2.99. The minimum absolute atomic E-state index is 0.121. The van der Waals surface area contributed by atoms with Gasteiger partial charge in [-0.25, -0.2) is 4.39 Å². The highest BCUT2D eigenvalue weighted by Crippen LogP contribution is 1.98. The normalized spacial score (nSPS) is 11.5. The molecule has 9 nitrogen and oxygen atoms in total. The average Bonchev–Trinajstić information content (AvgIpc) is 2.85. The van der Waals surface area contributed by atoms with Crippen molar-refractivity contribution in [3.63, 3.8) is 0 Å². The van der Waals surface area contributed by atoms with Crippen LogP contribution >= 0.6 is 0 Å². The van der Waals surface area contributed by atoms with Crippen molar-refractivity contribution in [2.24, 2.45) is 0 Å². The van der Waals surface area contributed by atoms with Gasteiger partial charge in [0.05, 0.1) is 112 Å². The van der Waals surface area contributed by atoms with Crippen LogP contribution in [0.15, 0.2) is 0 Å². The molecule has 0 aliphatic rings. The van der Waals surface area contributed by atoms with Gasteiger partial charge in [-0.3, -0.25) is 0 Å². The lowest BCUT2D eigenvalue weighted by atomic mass is 10.2. The average molecular weight is 501 g/mol. The molecule has 0 aliphatic heterocycles. The molecule has 0 saturated carbocycles. The monoisotopic (exact) mass is 500 g/mol. The molecule has 0 spiro atoms. The van der Waals surface area contributed by atoms with Crippen LogP contribution in [0.3, 0.4) is 0 Å². The lowest BCUT2D eigenvalue weighted by Gasteiger charge is -2.08. The van der Waals surface area contributed by atoms with E-state index in [0.717, 1.165) is 13.0 Å². The van der Waals surface area contributed by atoms with Crippen LogP contribution in [0.25, 0.3) is 0 Å². The lowest BCUT2D eigenvalue weighted by molar-refractivity contribution is -0.0252. The molecule has 0 atom stereocenters. The topological polar surface area (TPSA) is 83.1 Å². The van der Waals surface area contributed by atoms with Crippen molar-refractivity contribution in [3.8, 4) is 0 Å². The van der Waals surface area contributed by atoms with Crippen molar-refractivity contribution in [2.45, 2.75) is 32.6 Å². The van der Waals surface area contributed by atoms with Gasteiger partial charge in [0.25, 0.3) is 0 Å². The maximum absolute atomic E-state index is 11.8. The molecule has 0 aromatic heterocycles. The third-order valence-corrected chi connectivity index (χ3v) is 4.34. The van der Waals surface area contributed by atoms with Crippen LogP contribution in [-0.4, -0.2) is 126 Å². The molecule has 0 aromatic carbocycles. The Morgan fingerprint density at radius 1 is 0.324 bits per heavy atom. The Bertz CT molecular complexity index is 322. The fourth-order valence-electron chi connectivity index (χ4n) is 2.55. The standard InChI is InChI=1S/C24H49FO9/c1-2-3-4-5-7-26-9-11-28-13-15-30-17-19-32-21-23-34-24-22-33-20-18-31-16-14-29-12-10-27-8-6-25/h2-24H2,1H3. The first-order valence-corrected chi connectivity index (χ1v) is 12.7. The molecule has 0 saturated heterocycles. The molecule has 206 valence electrons. The number of halogens is 1. The molecule has 0 amide bonds. The van der Waals surface area contributed by atoms with E-state index in [9.17, 15) is 4.39 Å². The first-order chi connectivity index (χ1) is 16.9. The van der Waals surface area contributed by atoms with E-state index in [2.05, 4.69) is 6.92 Å². The SMILES string of the molecule is CCCCCCOCCOCCOCCOCCOCCOCCOCCOCCOCCF. The summed E-state index contributed by atoms with van der Waals surface area (Å²) >= 11 is 0. The Morgan fingerprint density at radius 2 is 0.588 bits per heavy atom. The van der Waals surface area contributed by atoms with Gasteiger partial charge in [0, 0.05) is 6.61 Å². The van der Waals surface area contributed by atoms with E-state index in [1.807, 2.05) is 0 Å². The summed E-state index contributed by atoms with van der Waals surface area (Å²) in [6.45, 7) is 11.0. The second-order valence-electron chi connectivity index (χ2n) is 7.26. The zero-order valence-corrected chi connectivity index (χ0v) is 21.3. The van der Waals surface area contributed by atoms with Crippen LogP contribution in [-0.2, 0) is 42.6 Å². The lowest BCUT2D eigenvalue weighted by Crippen LogP contribution is -2.15. The summed E-state index contributed by atoms with van der Waals surface area (Å²) in [6.07, 6.45) is 4.90. The van der Waals surface area contributed by atoms with Crippen LogP contribution in [0.5, 0.6) is 0 Å². The molecular formula is C24H49FO9. The van der Waals surface area contributed by atoms with Crippen molar-refractivity contribution >= 4 is 0 Å². The van der Waals surface area contributed by atoms with Crippen molar-refractivity contribution in [2.75, 3.05) is 126 Å². The Labute approximate surface area is 205 Å². The maximum atomic E-state index is 11.8. The summed E-state index contributed by atoms with van der Waals surface area (Å²) in [5.74, 6) is 0. The molecule has 0 radical (unpaired) electrons. The van der Waals surface area contributed by atoms with Gasteiger partial charge in [0.15, 0.2) is 0 Å². The van der Waals surface area contributed by atoms with E-state index in [0.29, 0.717) is 106 Å². The van der Waals surface area contributed by atoms with E-state index in [1.165, 1.54) is 19.3 Å². The highest BCUT2D eigenvalue weighted by Gasteiger charge is 1.95. The first kappa shape index (κ1) is 33.6. The first-order valence-electron chi connectivity index (χ1n) is 12.7. The summed E-state index contributed by atoms with van der Waals surface area (Å²) in [7, 11) is 0. The largest absolute Gasteiger partial charge is 0.379 e. The second-order valence-corrected chi connectivity index (χ2v) is 7.26. The quantitative estimate of drug-likeness (QED) is 0.133. The van der Waals surface area contributed by atoms with Gasteiger partial charge in [-0.05, 0) is 6.42 Å². The zero-order chi connectivity index (χ0) is 24.6. The number of unbranched alkanes of at least 4 members (excludes halogenated alkanes) is 3. The molecule has 0 N–H and O–H groups in total.